The van der Waals surface area contributed by atoms with Gasteiger partial charge in [0.05, 0.1) is 31.3 Å². The predicted octanol–water partition coefficient (Wildman–Crippen LogP) is 2.38. The largest absolute Gasteiger partial charge is 0.493 e. The summed E-state index contributed by atoms with van der Waals surface area (Å²) in [6.07, 6.45) is 1.06. The van der Waals surface area contributed by atoms with Crippen molar-refractivity contribution in [3.63, 3.8) is 0 Å². The number of benzene rings is 2. The number of amides is 1. The molecule has 8 nitrogen and oxygen atoms in total. The number of carbonyl (C=O) groups excluding carboxylic acids is 2. The lowest BCUT2D eigenvalue weighted by Crippen LogP contribution is -2.45. The Morgan fingerprint density at radius 2 is 1.81 bits per heavy atom. The van der Waals surface area contributed by atoms with E-state index < -0.39 is 22.6 Å². The van der Waals surface area contributed by atoms with Crippen LogP contribution in [-0.4, -0.2) is 42.3 Å². The fourth-order valence-electron chi connectivity index (χ4n) is 3.24. The van der Waals surface area contributed by atoms with Gasteiger partial charge < -0.3 is 19.2 Å². The number of nitrogens with zero attached hydrogens (tertiary/aromatic N) is 2. The van der Waals surface area contributed by atoms with Crippen molar-refractivity contribution < 1.29 is 24.0 Å². The molecule has 1 aliphatic heterocycles. The van der Waals surface area contributed by atoms with Crippen molar-refractivity contribution in [2.45, 2.75) is 19.0 Å². The highest BCUT2D eigenvalue weighted by Gasteiger charge is 2.34. The average molecular weight is 370 g/mol. The molecule has 0 N–H and O–H groups in total. The first-order chi connectivity index (χ1) is 13.0. The smallest absolute Gasteiger partial charge is 0.286 e. The van der Waals surface area contributed by atoms with E-state index in [2.05, 4.69) is 0 Å². The van der Waals surface area contributed by atoms with Gasteiger partial charge in [-0.05, 0) is 11.1 Å². The van der Waals surface area contributed by atoms with Crippen molar-refractivity contribution >= 4 is 17.9 Å². The molecule has 0 unspecified atom stereocenters. The van der Waals surface area contributed by atoms with E-state index in [0.717, 1.165) is 17.2 Å². The van der Waals surface area contributed by atoms with E-state index in [9.17, 15) is 19.7 Å². The number of nitro benzene ring substituents is 1. The van der Waals surface area contributed by atoms with Gasteiger partial charge in [0, 0.05) is 19.0 Å². The molecule has 140 valence electrons. The van der Waals surface area contributed by atoms with Gasteiger partial charge in [-0.15, -0.1) is 0 Å². The van der Waals surface area contributed by atoms with Crippen LogP contribution in [0.4, 0.5) is 5.69 Å². The molecule has 1 aliphatic rings. The summed E-state index contributed by atoms with van der Waals surface area (Å²) in [6, 6.07) is 9.24. The molecule has 1 atom stereocenters. The van der Waals surface area contributed by atoms with Crippen LogP contribution in [-0.2, 0) is 17.8 Å². The van der Waals surface area contributed by atoms with Crippen LogP contribution in [0.15, 0.2) is 36.4 Å². The number of ether oxygens (including phenoxy) is 2. The van der Waals surface area contributed by atoms with E-state index in [1.54, 1.807) is 0 Å². The summed E-state index contributed by atoms with van der Waals surface area (Å²) in [6.45, 7) is 0.198. The van der Waals surface area contributed by atoms with E-state index in [4.69, 9.17) is 9.47 Å². The number of hydrogen-bond acceptors (Lipinski definition) is 6. The first-order valence-corrected chi connectivity index (χ1v) is 8.23. The van der Waals surface area contributed by atoms with Crippen LogP contribution in [0.1, 0.15) is 21.5 Å². The number of rotatable bonds is 5. The van der Waals surface area contributed by atoms with Crippen molar-refractivity contribution in [3.05, 3.63) is 63.2 Å². The van der Waals surface area contributed by atoms with Gasteiger partial charge >= 0.3 is 0 Å². The summed E-state index contributed by atoms with van der Waals surface area (Å²) in [5.74, 6) is -0.252. The minimum atomic E-state index is -0.694. The summed E-state index contributed by atoms with van der Waals surface area (Å²) in [5, 5.41) is 11.5. The molecule has 1 heterocycles. The number of carbonyl (C=O) groups is 2. The molecule has 0 spiro atoms. The second-order valence-corrected chi connectivity index (χ2v) is 6.09. The Morgan fingerprint density at radius 1 is 1.19 bits per heavy atom. The van der Waals surface area contributed by atoms with Gasteiger partial charge in [-0.3, -0.25) is 14.9 Å². The zero-order valence-corrected chi connectivity index (χ0v) is 14.9. The molecule has 2 aromatic rings. The number of methoxy groups -OCH3 is 2. The molecule has 0 aliphatic carbocycles. The van der Waals surface area contributed by atoms with E-state index in [0.29, 0.717) is 12.7 Å². The minimum Gasteiger partial charge on any atom is -0.493 e. The zero-order chi connectivity index (χ0) is 19.6. The Hall–Kier alpha value is -3.42. The maximum atomic E-state index is 13.1. The fourth-order valence-corrected chi connectivity index (χ4v) is 3.24. The normalized spacial score (nSPS) is 15.6. The van der Waals surface area contributed by atoms with Gasteiger partial charge in [0.15, 0.2) is 11.5 Å². The van der Waals surface area contributed by atoms with Gasteiger partial charge in [-0.2, -0.15) is 0 Å². The van der Waals surface area contributed by atoms with E-state index in [1.165, 1.54) is 25.2 Å². The zero-order valence-electron chi connectivity index (χ0n) is 14.9. The summed E-state index contributed by atoms with van der Waals surface area (Å²) in [4.78, 5) is 36.9. The molecule has 0 saturated carbocycles. The maximum absolute atomic E-state index is 13.1. The minimum absolute atomic E-state index is 0.149. The Morgan fingerprint density at radius 3 is 2.41 bits per heavy atom. The van der Waals surface area contributed by atoms with Gasteiger partial charge in [0.25, 0.3) is 11.6 Å². The van der Waals surface area contributed by atoms with Gasteiger partial charge in [-0.1, -0.05) is 24.3 Å². The lowest BCUT2D eigenvalue weighted by molar-refractivity contribution is -0.385. The molecule has 0 radical (unpaired) electrons. The Labute approximate surface area is 155 Å². The maximum Gasteiger partial charge on any atom is 0.286 e. The monoisotopic (exact) mass is 370 g/mol. The molecule has 3 rings (SSSR count). The molecule has 0 saturated heterocycles. The summed E-state index contributed by atoms with van der Waals surface area (Å²) in [7, 11) is 2.73. The van der Waals surface area contributed by atoms with Crippen molar-refractivity contribution in [2.24, 2.45) is 0 Å². The number of fused-ring (bicyclic) bond motifs is 1. The van der Waals surface area contributed by atoms with Crippen molar-refractivity contribution in [1.82, 2.24) is 4.90 Å². The number of aldehydes is 1. The Kier molecular flexibility index (Phi) is 5.07. The predicted molar refractivity (Wildman–Crippen MR) is 96.1 cm³/mol. The third kappa shape index (κ3) is 3.33. The van der Waals surface area contributed by atoms with Crippen molar-refractivity contribution in [3.8, 4) is 11.5 Å². The Bertz CT molecular complexity index is 911. The highest BCUT2D eigenvalue weighted by molar-refractivity contribution is 6.00. The van der Waals surface area contributed by atoms with E-state index >= 15 is 0 Å². The second-order valence-electron chi connectivity index (χ2n) is 6.09. The fraction of sp³-hybridized carbons (Fsp3) is 0.263. The third-order valence-corrected chi connectivity index (χ3v) is 4.64. The van der Waals surface area contributed by atoms with Crippen LogP contribution in [0.5, 0.6) is 11.5 Å². The van der Waals surface area contributed by atoms with Crippen LogP contribution < -0.4 is 9.47 Å². The Balaban J connectivity index is 2.06. The van der Waals surface area contributed by atoms with Crippen molar-refractivity contribution in [1.29, 1.82) is 0 Å². The quantitative estimate of drug-likeness (QED) is 0.455. The second kappa shape index (κ2) is 7.45. The average Bonchev–Trinajstić information content (AvgIpc) is 2.70. The first-order valence-electron chi connectivity index (χ1n) is 8.23. The van der Waals surface area contributed by atoms with E-state index in [-0.39, 0.29) is 23.6 Å². The standard InChI is InChI=1S/C19H18N2O6/c1-26-17-8-15(16(21(24)25)9-18(17)27-2)19(23)20-10-13-6-4-3-5-12(13)7-14(20)11-22/h3-6,8-9,11,14H,7,10H2,1-2H3/t14-/m0/s1. The molecule has 0 aromatic heterocycles. The number of hydrogen-bond donors (Lipinski definition) is 0. The summed E-state index contributed by atoms with van der Waals surface area (Å²) in [5.41, 5.74) is 1.34. The summed E-state index contributed by atoms with van der Waals surface area (Å²) < 4.78 is 10.3. The van der Waals surface area contributed by atoms with Crippen LogP contribution in [0.25, 0.3) is 0 Å². The SMILES string of the molecule is COc1cc(C(=O)N2Cc3ccccc3C[C@H]2C=O)c([N+](=O)[O-])cc1OC. The molecule has 27 heavy (non-hydrogen) atoms. The van der Waals surface area contributed by atoms with Gasteiger partial charge in [0.2, 0.25) is 0 Å². The number of nitro groups is 1. The van der Waals surface area contributed by atoms with Crippen molar-refractivity contribution in [2.75, 3.05) is 14.2 Å². The molecular formula is C19H18N2O6. The highest BCUT2D eigenvalue weighted by Crippen LogP contribution is 2.36. The first kappa shape index (κ1) is 18.4. The van der Waals surface area contributed by atoms with Gasteiger partial charge in [0.1, 0.15) is 11.8 Å². The molecular weight excluding hydrogens is 352 g/mol. The lowest BCUT2D eigenvalue weighted by atomic mass is 9.94. The van der Waals surface area contributed by atoms with Gasteiger partial charge in [-0.25, -0.2) is 0 Å². The lowest BCUT2D eigenvalue weighted by Gasteiger charge is -2.34. The van der Waals surface area contributed by atoms with Crippen LogP contribution >= 0.6 is 0 Å². The van der Waals surface area contributed by atoms with E-state index in [1.807, 2.05) is 24.3 Å². The van der Waals surface area contributed by atoms with Crippen LogP contribution in [0.3, 0.4) is 0 Å². The van der Waals surface area contributed by atoms with Crippen LogP contribution in [0.2, 0.25) is 0 Å². The highest BCUT2D eigenvalue weighted by atomic mass is 16.6. The molecule has 0 fully saturated rings. The molecule has 0 bridgehead atoms. The third-order valence-electron chi connectivity index (χ3n) is 4.64. The topological polar surface area (TPSA) is 99.0 Å². The molecule has 2 aromatic carbocycles. The molecule has 8 heteroatoms. The summed E-state index contributed by atoms with van der Waals surface area (Å²) >= 11 is 0. The molecule has 1 amide bonds. The van der Waals surface area contributed by atoms with Crippen LogP contribution in [0, 0.1) is 10.1 Å².